The Balaban J connectivity index is 1.53. The van der Waals surface area contributed by atoms with E-state index < -0.39 is 0 Å². The van der Waals surface area contributed by atoms with Crippen molar-refractivity contribution >= 4 is 46.2 Å². The fraction of sp³-hybridized carbons (Fsp3) is 0.150. The maximum absolute atomic E-state index is 12.5. The SMILES string of the molecule is O=C(CN1C(=O)C(=Cc2ccccc2)SC1=S)NCCc1ccc(O)c(O)c1. The Kier molecular flexibility index (Phi) is 6.33. The molecule has 0 aliphatic carbocycles. The molecule has 1 aliphatic rings. The molecule has 28 heavy (non-hydrogen) atoms. The van der Waals surface area contributed by atoms with Crippen molar-refractivity contribution in [1.29, 1.82) is 0 Å². The van der Waals surface area contributed by atoms with Crippen molar-refractivity contribution in [1.82, 2.24) is 10.2 Å². The molecule has 1 saturated heterocycles. The number of thioether (sulfide) groups is 1. The van der Waals surface area contributed by atoms with E-state index in [2.05, 4.69) is 5.32 Å². The minimum atomic E-state index is -0.319. The van der Waals surface area contributed by atoms with Gasteiger partial charge in [-0.3, -0.25) is 14.5 Å². The summed E-state index contributed by atoms with van der Waals surface area (Å²) in [5.74, 6) is -0.991. The third kappa shape index (κ3) is 4.90. The summed E-state index contributed by atoms with van der Waals surface area (Å²) in [5.41, 5.74) is 1.66. The van der Waals surface area contributed by atoms with Crippen LogP contribution >= 0.6 is 24.0 Å². The molecule has 0 unspecified atom stereocenters. The van der Waals surface area contributed by atoms with Crippen molar-refractivity contribution < 1.29 is 19.8 Å². The van der Waals surface area contributed by atoms with Crippen LogP contribution in [0.15, 0.2) is 53.4 Å². The van der Waals surface area contributed by atoms with Gasteiger partial charge < -0.3 is 15.5 Å². The average molecular weight is 415 g/mol. The smallest absolute Gasteiger partial charge is 0.266 e. The summed E-state index contributed by atoms with van der Waals surface area (Å²) in [5, 5.41) is 21.5. The Morgan fingerprint density at radius 2 is 1.89 bits per heavy atom. The number of thiocarbonyl (C=S) groups is 1. The minimum Gasteiger partial charge on any atom is -0.504 e. The molecular formula is C20H18N2O4S2. The van der Waals surface area contributed by atoms with Crippen LogP contribution in [0, 0.1) is 0 Å². The fourth-order valence-electron chi connectivity index (χ4n) is 2.61. The highest BCUT2D eigenvalue weighted by molar-refractivity contribution is 8.26. The van der Waals surface area contributed by atoms with Crippen LogP contribution in [-0.4, -0.2) is 44.3 Å². The number of carbonyl (C=O) groups is 2. The maximum Gasteiger partial charge on any atom is 0.266 e. The lowest BCUT2D eigenvalue weighted by Crippen LogP contribution is -2.40. The van der Waals surface area contributed by atoms with Crippen molar-refractivity contribution in [2.24, 2.45) is 0 Å². The number of rotatable bonds is 6. The molecule has 0 spiro atoms. The molecule has 2 amide bonds. The summed E-state index contributed by atoms with van der Waals surface area (Å²) in [7, 11) is 0. The molecule has 8 heteroatoms. The Labute approximate surface area is 171 Å². The molecule has 0 atom stereocenters. The van der Waals surface area contributed by atoms with Gasteiger partial charge in [-0.25, -0.2) is 0 Å². The van der Waals surface area contributed by atoms with E-state index in [1.165, 1.54) is 28.8 Å². The molecule has 6 nitrogen and oxygen atoms in total. The number of nitrogens with one attached hydrogen (secondary N) is 1. The average Bonchev–Trinajstić information content (AvgIpc) is 2.93. The zero-order valence-electron chi connectivity index (χ0n) is 14.8. The van der Waals surface area contributed by atoms with Crippen LogP contribution in [0.3, 0.4) is 0 Å². The van der Waals surface area contributed by atoms with Crippen LogP contribution in [0.4, 0.5) is 0 Å². The first-order valence-electron chi connectivity index (χ1n) is 8.52. The quantitative estimate of drug-likeness (QED) is 0.383. The van der Waals surface area contributed by atoms with Crippen LogP contribution in [0.25, 0.3) is 6.08 Å². The Morgan fingerprint density at radius 3 is 2.61 bits per heavy atom. The second kappa shape index (κ2) is 8.90. The van der Waals surface area contributed by atoms with Crippen LogP contribution < -0.4 is 5.32 Å². The highest BCUT2D eigenvalue weighted by atomic mass is 32.2. The third-order valence-electron chi connectivity index (χ3n) is 4.05. The number of hydrogen-bond donors (Lipinski definition) is 3. The lowest BCUT2D eigenvalue weighted by molar-refractivity contribution is -0.128. The summed E-state index contributed by atoms with van der Waals surface area (Å²) in [4.78, 5) is 26.5. The van der Waals surface area contributed by atoms with Gasteiger partial charge in [-0.1, -0.05) is 60.4 Å². The van der Waals surface area contributed by atoms with E-state index in [-0.39, 0.29) is 29.9 Å². The van der Waals surface area contributed by atoms with Crippen LogP contribution in [-0.2, 0) is 16.0 Å². The summed E-state index contributed by atoms with van der Waals surface area (Å²) in [6.45, 7) is 0.190. The topological polar surface area (TPSA) is 89.9 Å². The molecule has 0 aromatic heterocycles. The molecule has 3 N–H and O–H groups in total. The number of carbonyl (C=O) groups excluding carboxylic acids is 2. The third-order valence-corrected chi connectivity index (χ3v) is 5.43. The van der Waals surface area contributed by atoms with Crippen molar-refractivity contribution in [3.63, 3.8) is 0 Å². The molecule has 0 saturated carbocycles. The summed E-state index contributed by atoms with van der Waals surface area (Å²) in [6, 6.07) is 13.9. The number of nitrogens with zero attached hydrogens (tertiary/aromatic N) is 1. The molecule has 3 rings (SSSR count). The van der Waals surface area contributed by atoms with Gasteiger partial charge >= 0.3 is 0 Å². The Morgan fingerprint density at radius 1 is 1.14 bits per heavy atom. The van der Waals surface area contributed by atoms with Crippen molar-refractivity contribution in [3.8, 4) is 11.5 Å². The van der Waals surface area contributed by atoms with E-state index in [1.807, 2.05) is 30.3 Å². The summed E-state index contributed by atoms with van der Waals surface area (Å²) in [6.07, 6.45) is 2.24. The van der Waals surface area contributed by atoms with Crippen LogP contribution in [0.1, 0.15) is 11.1 Å². The first-order chi connectivity index (χ1) is 13.4. The zero-order valence-corrected chi connectivity index (χ0v) is 16.4. The monoisotopic (exact) mass is 414 g/mol. The van der Waals surface area contributed by atoms with Crippen molar-refractivity contribution in [2.75, 3.05) is 13.1 Å². The van der Waals surface area contributed by atoms with E-state index in [4.69, 9.17) is 12.2 Å². The maximum atomic E-state index is 12.5. The number of phenolic OH excluding ortho intramolecular Hbond substituents is 2. The number of aromatic hydroxyl groups is 2. The molecule has 0 radical (unpaired) electrons. The Hall–Kier alpha value is -2.84. The fourth-order valence-corrected chi connectivity index (χ4v) is 3.86. The highest BCUT2D eigenvalue weighted by Gasteiger charge is 2.33. The number of phenols is 2. The van der Waals surface area contributed by atoms with E-state index in [0.717, 1.165) is 11.1 Å². The summed E-state index contributed by atoms with van der Waals surface area (Å²) >= 11 is 6.42. The lowest BCUT2D eigenvalue weighted by atomic mass is 10.1. The zero-order chi connectivity index (χ0) is 20.1. The van der Waals surface area contributed by atoms with Gasteiger partial charge in [0.25, 0.3) is 5.91 Å². The second-order valence-electron chi connectivity index (χ2n) is 6.10. The van der Waals surface area contributed by atoms with E-state index in [0.29, 0.717) is 22.2 Å². The van der Waals surface area contributed by atoms with Gasteiger partial charge in [0.05, 0.1) is 4.91 Å². The molecule has 1 aliphatic heterocycles. The molecular weight excluding hydrogens is 396 g/mol. The van der Waals surface area contributed by atoms with Crippen molar-refractivity contribution in [2.45, 2.75) is 6.42 Å². The predicted octanol–water partition coefficient (Wildman–Crippen LogP) is 2.66. The van der Waals surface area contributed by atoms with Gasteiger partial charge in [0, 0.05) is 6.54 Å². The summed E-state index contributed by atoms with van der Waals surface area (Å²) < 4.78 is 0.353. The molecule has 1 fully saturated rings. The number of hydrogen-bond acceptors (Lipinski definition) is 6. The Bertz CT molecular complexity index is 944. The molecule has 1 heterocycles. The lowest BCUT2D eigenvalue weighted by Gasteiger charge is -2.14. The van der Waals surface area contributed by atoms with Gasteiger partial charge in [-0.05, 0) is 35.8 Å². The van der Waals surface area contributed by atoms with Gasteiger partial charge in [0.2, 0.25) is 5.91 Å². The normalized spacial score (nSPS) is 15.3. The largest absolute Gasteiger partial charge is 0.504 e. The standard InChI is InChI=1S/C20H18N2O4S2/c23-15-7-6-14(10-16(15)24)8-9-21-18(25)12-22-19(26)17(28-20(22)27)11-13-4-2-1-3-5-13/h1-7,10-11,23-24H,8-9,12H2,(H,21,25). The first-order valence-corrected chi connectivity index (χ1v) is 9.74. The highest BCUT2D eigenvalue weighted by Crippen LogP contribution is 2.32. The van der Waals surface area contributed by atoms with Gasteiger partial charge in [-0.2, -0.15) is 0 Å². The van der Waals surface area contributed by atoms with E-state index >= 15 is 0 Å². The van der Waals surface area contributed by atoms with Crippen LogP contribution in [0.5, 0.6) is 11.5 Å². The van der Waals surface area contributed by atoms with Crippen LogP contribution in [0.2, 0.25) is 0 Å². The molecule has 144 valence electrons. The first kappa shape index (κ1) is 19.9. The predicted molar refractivity (Wildman–Crippen MR) is 113 cm³/mol. The second-order valence-corrected chi connectivity index (χ2v) is 7.78. The van der Waals surface area contributed by atoms with Crippen molar-refractivity contribution in [3.05, 3.63) is 64.6 Å². The minimum absolute atomic E-state index is 0.141. The number of amides is 2. The molecule has 0 bridgehead atoms. The van der Waals surface area contributed by atoms with Gasteiger partial charge in [0.1, 0.15) is 10.9 Å². The number of benzene rings is 2. The van der Waals surface area contributed by atoms with E-state index in [9.17, 15) is 19.8 Å². The van der Waals surface area contributed by atoms with E-state index in [1.54, 1.807) is 12.1 Å². The van der Waals surface area contributed by atoms with Gasteiger partial charge in [0.15, 0.2) is 11.5 Å². The van der Waals surface area contributed by atoms with Gasteiger partial charge in [-0.15, -0.1) is 0 Å². The molecule has 2 aromatic rings. The molecule has 2 aromatic carbocycles.